The Hall–Kier alpha value is -1.36. The Labute approximate surface area is 97.9 Å². The van der Waals surface area contributed by atoms with Gasteiger partial charge in [-0.25, -0.2) is 9.97 Å². The van der Waals surface area contributed by atoms with Gasteiger partial charge in [-0.05, 0) is 12.8 Å². The summed E-state index contributed by atoms with van der Waals surface area (Å²) in [7, 11) is 0. The molecular formula is C11H13N3OS. The van der Waals surface area contributed by atoms with Crippen molar-refractivity contribution >= 4 is 11.3 Å². The van der Waals surface area contributed by atoms with Crippen LogP contribution in [0.4, 0.5) is 0 Å². The number of hydrogen-bond donors (Lipinski definition) is 0. The molecule has 3 heterocycles. The molecule has 0 aromatic carbocycles. The number of fused-ring (bicyclic) bond motifs is 1. The number of thiazole rings is 1. The van der Waals surface area contributed by atoms with Crippen molar-refractivity contribution in [2.75, 3.05) is 0 Å². The molecule has 0 aliphatic carbocycles. The van der Waals surface area contributed by atoms with E-state index in [1.807, 2.05) is 5.38 Å². The average molecular weight is 235 g/mol. The van der Waals surface area contributed by atoms with E-state index < -0.39 is 0 Å². The van der Waals surface area contributed by atoms with Crippen LogP contribution >= 0.6 is 11.3 Å². The molecule has 1 aliphatic rings. The third-order valence-corrected chi connectivity index (χ3v) is 3.39. The molecule has 0 unspecified atom stereocenters. The third-order valence-electron chi connectivity index (χ3n) is 2.71. The maximum atomic E-state index is 5.54. The number of aromatic nitrogens is 3. The molecule has 84 valence electrons. The van der Waals surface area contributed by atoms with Crippen molar-refractivity contribution in [3.8, 4) is 5.19 Å². The molecule has 4 nitrogen and oxygen atoms in total. The van der Waals surface area contributed by atoms with Gasteiger partial charge in [-0.15, -0.1) is 0 Å². The predicted octanol–water partition coefficient (Wildman–Crippen LogP) is 2.25. The summed E-state index contributed by atoms with van der Waals surface area (Å²) in [5, 5.41) is 2.62. The Morgan fingerprint density at radius 1 is 1.44 bits per heavy atom. The minimum Gasteiger partial charge on any atom is -0.463 e. The lowest BCUT2D eigenvalue weighted by Gasteiger charge is -2.11. The van der Waals surface area contributed by atoms with Gasteiger partial charge in [0.1, 0.15) is 12.4 Å². The molecule has 0 fully saturated rings. The van der Waals surface area contributed by atoms with Gasteiger partial charge in [0.2, 0.25) is 0 Å². The first-order valence-corrected chi connectivity index (χ1v) is 6.37. The Balaban J connectivity index is 1.68. The molecular weight excluding hydrogens is 222 g/mol. The molecule has 3 rings (SSSR count). The third kappa shape index (κ3) is 1.95. The fraction of sp³-hybridized carbons (Fsp3) is 0.455. The van der Waals surface area contributed by atoms with E-state index in [9.17, 15) is 0 Å². The van der Waals surface area contributed by atoms with Crippen LogP contribution in [0.15, 0.2) is 17.8 Å². The molecule has 2 aromatic heterocycles. The number of rotatable bonds is 3. The van der Waals surface area contributed by atoms with Gasteiger partial charge in [0, 0.05) is 30.7 Å². The summed E-state index contributed by atoms with van der Waals surface area (Å²) in [4.78, 5) is 8.64. The Morgan fingerprint density at radius 3 is 3.25 bits per heavy atom. The maximum Gasteiger partial charge on any atom is 0.273 e. The molecule has 0 saturated carbocycles. The Morgan fingerprint density at radius 2 is 2.44 bits per heavy atom. The monoisotopic (exact) mass is 235 g/mol. The van der Waals surface area contributed by atoms with Crippen molar-refractivity contribution in [1.82, 2.24) is 14.5 Å². The van der Waals surface area contributed by atoms with Gasteiger partial charge in [-0.2, -0.15) is 0 Å². The number of imidazole rings is 1. The zero-order chi connectivity index (χ0) is 10.8. The van der Waals surface area contributed by atoms with Crippen LogP contribution in [0, 0.1) is 0 Å². The standard InChI is InChI=1S/C11H13N3OS/c1-2-5-14-7-9(13-10(14)3-1)8-15-11-12-4-6-16-11/h4,6-7H,1-3,5,8H2. The first-order valence-electron chi connectivity index (χ1n) is 5.49. The fourth-order valence-corrected chi connectivity index (χ4v) is 2.45. The van der Waals surface area contributed by atoms with E-state index in [-0.39, 0.29) is 0 Å². The second kappa shape index (κ2) is 4.25. The highest BCUT2D eigenvalue weighted by atomic mass is 32.1. The molecule has 0 atom stereocenters. The smallest absolute Gasteiger partial charge is 0.273 e. The molecule has 0 spiro atoms. The van der Waals surface area contributed by atoms with Crippen LogP contribution in [-0.4, -0.2) is 14.5 Å². The highest BCUT2D eigenvalue weighted by molar-refractivity contribution is 7.11. The summed E-state index contributed by atoms with van der Waals surface area (Å²) >= 11 is 1.51. The first kappa shape index (κ1) is 9.84. The summed E-state index contributed by atoms with van der Waals surface area (Å²) in [6, 6.07) is 0. The van der Waals surface area contributed by atoms with E-state index in [1.54, 1.807) is 6.20 Å². The minimum absolute atomic E-state index is 0.521. The number of hydrogen-bond acceptors (Lipinski definition) is 4. The van der Waals surface area contributed by atoms with Crippen molar-refractivity contribution in [3.63, 3.8) is 0 Å². The average Bonchev–Trinajstić information content (AvgIpc) is 2.95. The van der Waals surface area contributed by atoms with Crippen LogP contribution in [-0.2, 0) is 19.6 Å². The number of nitrogens with zero attached hydrogens (tertiary/aromatic N) is 3. The first-order chi connectivity index (χ1) is 7.92. The van der Waals surface area contributed by atoms with Gasteiger partial charge < -0.3 is 9.30 Å². The van der Waals surface area contributed by atoms with Gasteiger partial charge in [-0.1, -0.05) is 11.3 Å². The summed E-state index contributed by atoms with van der Waals surface area (Å²) in [6.07, 6.45) is 7.46. The molecule has 2 aromatic rings. The number of ether oxygens (including phenoxy) is 1. The molecule has 16 heavy (non-hydrogen) atoms. The Bertz CT molecular complexity index is 440. The van der Waals surface area contributed by atoms with Crippen LogP contribution in [0.1, 0.15) is 24.4 Å². The number of aryl methyl sites for hydroxylation is 2. The molecule has 5 heteroatoms. The highest BCUT2D eigenvalue weighted by Crippen LogP contribution is 2.17. The van der Waals surface area contributed by atoms with Crippen molar-refractivity contribution in [1.29, 1.82) is 0 Å². The minimum atomic E-state index is 0.521. The highest BCUT2D eigenvalue weighted by Gasteiger charge is 2.12. The van der Waals surface area contributed by atoms with Crippen molar-refractivity contribution in [3.05, 3.63) is 29.3 Å². The quantitative estimate of drug-likeness (QED) is 0.819. The summed E-state index contributed by atoms with van der Waals surface area (Å²) in [5.41, 5.74) is 1.01. The van der Waals surface area contributed by atoms with E-state index in [2.05, 4.69) is 20.7 Å². The van der Waals surface area contributed by atoms with E-state index in [4.69, 9.17) is 4.74 Å². The van der Waals surface area contributed by atoms with Crippen LogP contribution in [0.3, 0.4) is 0 Å². The molecule has 0 amide bonds. The van der Waals surface area contributed by atoms with Gasteiger partial charge in [0.25, 0.3) is 5.19 Å². The summed E-state index contributed by atoms with van der Waals surface area (Å²) in [6.45, 7) is 1.62. The van der Waals surface area contributed by atoms with Crippen LogP contribution in [0.5, 0.6) is 5.19 Å². The Kier molecular flexibility index (Phi) is 2.61. The van der Waals surface area contributed by atoms with Gasteiger partial charge in [-0.3, -0.25) is 0 Å². The van der Waals surface area contributed by atoms with Crippen LogP contribution < -0.4 is 4.74 Å². The van der Waals surface area contributed by atoms with Crippen molar-refractivity contribution in [2.24, 2.45) is 0 Å². The molecule has 0 N–H and O–H groups in total. The SMILES string of the molecule is c1csc(OCc2cn3c(n2)CCCC3)n1. The lowest BCUT2D eigenvalue weighted by Crippen LogP contribution is -2.08. The van der Waals surface area contributed by atoms with Gasteiger partial charge in [0.15, 0.2) is 0 Å². The van der Waals surface area contributed by atoms with E-state index in [1.165, 1.54) is 30.0 Å². The van der Waals surface area contributed by atoms with E-state index in [0.29, 0.717) is 11.8 Å². The van der Waals surface area contributed by atoms with E-state index >= 15 is 0 Å². The predicted molar refractivity (Wildman–Crippen MR) is 61.6 cm³/mol. The van der Waals surface area contributed by atoms with E-state index in [0.717, 1.165) is 18.7 Å². The summed E-state index contributed by atoms with van der Waals surface area (Å²) in [5.74, 6) is 1.20. The second-order valence-electron chi connectivity index (χ2n) is 3.89. The normalized spacial score (nSPS) is 14.8. The van der Waals surface area contributed by atoms with Crippen LogP contribution in [0.2, 0.25) is 0 Å². The second-order valence-corrected chi connectivity index (χ2v) is 4.74. The van der Waals surface area contributed by atoms with Crippen molar-refractivity contribution in [2.45, 2.75) is 32.4 Å². The lowest BCUT2D eigenvalue weighted by atomic mass is 10.2. The fourth-order valence-electron chi connectivity index (χ4n) is 1.96. The van der Waals surface area contributed by atoms with Crippen molar-refractivity contribution < 1.29 is 4.74 Å². The van der Waals surface area contributed by atoms with Gasteiger partial charge >= 0.3 is 0 Å². The topological polar surface area (TPSA) is 39.9 Å². The maximum absolute atomic E-state index is 5.54. The van der Waals surface area contributed by atoms with Gasteiger partial charge in [0.05, 0.1) is 5.69 Å². The van der Waals surface area contributed by atoms with Crippen LogP contribution in [0.25, 0.3) is 0 Å². The zero-order valence-corrected chi connectivity index (χ0v) is 9.74. The molecule has 0 saturated heterocycles. The molecule has 0 bridgehead atoms. The molecule has 1 aliphatic heterocycles. The largest absolute Gasteiger partial charge is 0.463 e. The lowest BCUT2D eigenvalue weighted by molar-refractivity contribution is 0.300. The molecule has 0 radical (unpaired) electrons. The zero-order valence-electron chi connectivity index (χ0n) is 8.93. The summed E-state index contributed by atoms with van der Waals surface area (Å²) < 4.78 is 7.78.